The van der Waals surface area contributed by atoms with Crippen molar-refractivity contribution in [3.8, 4) is 11.6 Å². The molecule has 1 aliphatic carbocycles. The van der Waals surface area contributed by atoms with Crippen molar-refractivity contribution in [1.29, 1.82) is 0 Å². The minimum Gasteiger partial charge on any atom is -0.343 e. The van der Waals surface area contributed by atoms with E-state index in [9.17, 15) is 14.0 Å². The number of hydrogen-bond acceptors (Lipinski definition) is 5. The van der Waals surface area contributed by atoms with Crippen LogP contribution in [-0.2, 0) is 5.41 Å². The number of hydrogen-bond donors (Lipinski definition) is 2. The van der Waals surface area contributed by atoms with Crippen LogP contribution >= 0.6 is 0 Å². The van der Waals surface area contributed by atoms with E-state index in [0.717, 1.165) is 18.9 Å². The van der Waals surface area contributed by atoms with Crippen LogP contribution in [0.5, 0.6) is 0 Å². The first-order valence-corrected chi connectivity index (χ1v) is 10.6. The van der Waals surface area contributed by atoms with Crippen LogP contribution in [0.1, 0.15) is 68.2 Å². The maximum Gasteiger partial charge on any atom is 0.270 e. The number of nitrogens with zero attached hydrogens (tertiary/aromatic N) is 3. The molecule has 7 nitrogen and oxygen atoms in total. The van der Waals surface area contributed by atoms with Gasteiger partial charge in [0.05, 0.1) is 6.04 Å². The number of H-pyrrole nitrogens is 1. The molecule has 2 heterocycles. The number of aromatic amines is 1. The van der Waals surface area contributed by atoms with E-state index >= 15 is 0 Å². The molecule has 0 aliphatic heterocycles. The predicted octanol–water partition coefficient (Wildman–Crippen LogP) is 3.93. The summed E-state index contributed by atoms with van der Waals surface area (Å²) in [6.45, 7) is 7.93. The molecule has 1 saturated carbocycles. The van der Waals surface area contributed by atoms with Gasteiger partial charge in [0.1, 0.15) is 11.5 Å². The first kappa shape index (κ1) is 21.8. The van der Waals surface area contributed by atoms with Crippen LogP contribution in [0.3, 0.4) is 0 Å². The first-order valence-electron chi connectivity index (χ1n) is 10.6. The van der Waals surface area contributed by atoms with Gasteiger partial charge < -0.3 is 10.3 Å². The lowest BCUT2D eigenvalue weighted by Crippen LogP contribution is -2.37. The molecule has 1 fully saturated rings. The quantitative estimate of drug-likeness (QED) is 0.632. The molecule has 0 saturated heterocycles. The average molecular weight is 436 g/mol. The molecule has 4 rings (SSSR count). The second-order valence-electron chi connectivity index (χ2n) is 9.62. The van der Waals surface area contributed by atoms with Crippen molar-refractivity contribution in [1.82, 2.24) is 25.3 Å². The fourth-order valence-corrected chi connectivity index (χ4v) is 3.76. The zero-order valence-corrected chi connectivity index (χ0v) is 18.6. The van der Waals surface area contributed by atoms with Gasteiger partial charge in [-0.2, -0.15) is 0 Å². The Labute approximate surface area is 185 Å². The number of rotatable bonds is 5. The van der Waals surface area contributed by atoms with E-state index in [1.54, 1.807) is 6.07 Å². The minimum atomic E-state index is -0.535. The predicted molar refractivity (Wildman–Crippen MR) is 119 cm³/mol. The number of nitrogens with one attached hydrogen (secondary N) is 2. The molecule has 1 aromatic carbocycles. The second kappa shape index (κ2) is 7.93. The Hall–Kier alpha value is -3.42. The molecule has 0 unspecified atom stereocenters. The van der Waals surface area contributed by atoms with Crippen molar-refractivity contribution < 1.29 is 9.18 Å². The summed E-state index contributed by atoms with van der Waals surface area (Å²) in [5.41, 5.74) is 0.311. The molecule has 3 aromatic rings. The van der Waals surface area contributed by atoms with Crippen molar-refractivity contribution in [3.63, 3.8) is 0 Å². The van der Waals surface area contributed by atoms with Crippen LogP contribution in [0, 0.1) is 11.2 Å². The highest BCUT2D eigenvalue weighted by atomic mass is 19.1. The fourth-order valence-electron chi connectivity index (χ4n) is 3.76. The molecule has 1 atom stereocenters. The summed E-state index contributed by atoms with van der Waals surface area (Å²) < 4.78 is 14.9. The molecule has 2 aromatic heterocycles. The Morgan fingerprint density at radius 3 is 2.47 bits per heavy atom. The molecule has 0 radical (unpaired) electrons. The molecule has 2 N–H and O–H groups in total. The number of benzene rings is 1. The van der Waals surface area contributed by atoms with Gasteiger partial charge in [-0.25, -0.2) is 19.3 Å². The van der Waals surface area contributed by atoms with Crippen LogP contribution in [0.15, 0.2) is 47.5 Å². The number of carbonyl (C=O) groups is 1. The Kier molecular flexibility index (Phi) is 5.40. The molecule has 166 valence electrons. The SMILES string of the molecule is CC1(c2ccc([C@@H](NC(=O)c3cc(=O)[nH]c(-c4ncccn4)n3)C(C)(C)C)cc2F)CC1. The summed E-state index contributed by atoms with van der Waals surface area (Å²) in [6, 6.07) is 7.46. The number of carbonyl (C=O) groups excluding carboxylic acids is 1. The summed E-state index contributed by atoms with van der Waals surface area (Å²) in [5, 5.41) is 2.93. The van der Waals surface area contributed by atoms with Crippen molar-refractivity contribution in [2.45, 2.75) is 52.0 Å². The van der Waals surface area contributed by atoms with Gasteiger partial charge in [0.25, 0.3) is 11.5 Å². The highest BCUT2D eigenvalue weighted by Gasteiger charge is 2.41. The first-order chi connectivity index (χ1) is 15.1. The summed E-state index contributed by atoms with van der Waals surface area (Å²) in [7, 11) is 0. The van der Waals surface area contributed by atoms with Crippen LogP contribution in [-0.4, -0.2) is 25.8 Å². The Balaban J connectivity index is 1.65. The Bertz CT molecular complexity index is 1210. The maximum atomic E-state index is 14.9. The van der Waals surface area contributed by atoms with E-state index in [1.165, 1.54) is 18.5 Å². The van der Waals surface area contributed by atoms with Crippen molar-refractivity contribution in [3.05, 3.63) is 75.7 Å². The smallest absolute Gasteiger partial charge is 0.270 e. The van der Waals surface area contributed by atoms with Crippen molar-refractivity contribution >= 4 is 5.91 Å². The van der Waals surface area contributed by atoms with E-state index in [4.69, 9.17) is 0 Å². The van der Waals surface area contributed by atoms with E-state index in [2.05, 4.69) is 32.2 Å². The van der Waals surface area contributed by atoms with E-state index in [1.807, 2.05) is 32.9 Å². The van der Waals surface area contributed by atoms with Gasteiger partial charge in [0.2, 0.25) is 0 Å². The summed E-state index contributed by atoms with van der Waals surface area (Å²) in [4.78, 5) is 40.1. The van der Waals surface area contributed by atoms with Crippen molar-refractivity contribution in [2.75, 3.05) is 0 Å². The molecule has 1 aliphatic rings. The summed E-state index contributed by atoms with van der Waals surface area (Å²) in [6.07, 6.45) is 4.99. The van der Waals surface area contributed by atoms with Crippen LogP contribution in [0.2, 0.25) is 0 Å². The van der Waals surface area contributed by atoms with E-state index in [0.29, 0.717) is 11.1 Å². The highest BCUT2D eigenvalue weighted by molar-refractivity contribution is 5.92. The average Bonchev–Trinajstić information content (AvgIpc) is 3.49. The van der Waals surface area contributed by atoms with Crippen LogP contribution in [0.25, 0.3) is 11.6 Å². The molecule has 8 heteroatoms. The molecule has 0 bridgehead atoms. The van der Waals surface area contributed by atoms with Gasteiger partial charge in [-0.15, -0.1) is 0 Å². The number of halogens is 1. The molecule has 0 spiro atoms. The molecule has 1 amide bonds. The topological polar surface area (TPSA) is 101 Å². The normalized spacial score (nSPS) is 15.8. The third-order valence-electron chi connectivity index (χ3n) is 5.87. The van der Waals surface area contributed by atoms with Gasteiger partial charge >= 0.3 is 0 Å². The second-order valence-corrected chi connectivity index (χ2v) is 9.62. The summed E-state index contributed by atoms with van der Waals surface area (Å²) >= 11 is 0. The zero-order chi connectivity index (χ0) is 23.1. The van der Waals surface area contributed by atoms with Gasteiger partial charge in [-0.1, -0.05) is 39.8 Å². The lowest BCUT2D eigenvalue weighted by Gasteiger charge is -2.32. The third-order valence-corrected chi connectivity index (χ3v) is 5.87. The van der Waals surface area contributed by atoms with Gasteiger partial charge in [-0.3, -0.25) is 9.59 Å². The Morgan fingerprint density at radius 1 is 1.19 bits per heavy atom. The van der Waals surface area contributed by atoms with Gasteiger partial charge in [0, 0.05) is 18.5 Å². The van der Waals surface area contributed by atoms with E-state index in [-0.39, 0.29) is 28.6 Å². The lowest BCUT2D eigenvalue weighted by atomic mass is 9.81. The van der Waals surface area contributed by atoms with Gasteiger partial charge in [0.15, 0.2) is 11.6 Å². The standard InChI is InChI=1S/C24H26FN5O2/c1-23(2,3)19(14-6-7-15(16(25)12-14)24(4)8-9-24)30-22(32)17-13-18(31)29-21(28-17)20-26-10-5-11-27-20/h5-7,10-13,19H,8-9H2,1-4H3,(H,30,32)(H,28,29,31)/t19-/m1/s1. The molecule has 32 heavy (non-hydrogen) atoms. The maximum absolute atomic E-state index is 14.9. The van der Waals surface area contributed by atoms with Gasteiger partial charge in [-0.05, 0) is 46.9 Å². The van der Waals surface area contributed by atoms with Crippen LogP contribution < -0.4 is 10.9 Å². The molecular weight excluding hydrogens is 409 g/mol. The minimum absolute atomic E-state index is 0.0620. The summed E-state index contributed by atoms with van der Waals surface area (Å²) in [5.74, 6) is -0.489. The zero-order valence-electron chi connectivity index (χ0n) is 18.6. The third kappa shape index (κ3) is 4.44. The number of aromatic nitrogens is 4. The van der Waals surface area contributed by atoms with Crippen molar-refractivity contribution in [2.24, 2.45) is 5.41 Å². The Morgan fingerprint density at radius 2 is 1.88 bits per heavy atom. The highest BCUT2D eigenvalue weighted by Crippen LogP contribution is 2.49. The number of amides is 1. The largest absolute Gasteiger partial charge is 0.343 e. The molecular formula is C24H26FN5O2. The van der Waals surface area contributed by atoms with Crippen LogP contribution in [0.4, 0.5) is 4.39 Å². The lowest BCUT2D eigenvalue weighted by molar-refractivity contribution is 0.0896. The fraction of sp³-hybridized carbons (Fsp3) is 0.375. The monoisotopic (exact) mass is 435 g/mol. The van der Waals surface area contributed by atoms with E-state index < -0.39 is 22.9 Å².